The van der Waals surface area contributed by atoms with Crippen molar-refractivity contribution < 1.29 is 9.59 Å². The van der Waals surface area contributed by atoms with Gasteiger partial charge in [0.2, 0.25) is 5.91 Å². The minimum absolute atomic E-state index is 0.00697. The van der Waals surface area contributed by atoms with Crippen molar-refractivity contribution in [2.24, 2.45) is 5.92 Å². The smallest absolute Gasteiger partial charge is 0.261 e. The summed E-state index contributed by atoms with van der Waals surface area (Å²) in [7, 11) is 0. The molecule has 0 aromatic carbocycles. The lowest BCUT2D eigenvalue weighted by Gasteiger charge is -2.34. The van der Waals surface area contributed by atoms with Crippen LogP contribution in [0, 0.1) is 5.92 Å². The average Bonchev–Trinajstić information content (AvgIpc) is 3.27. The van der Waals surface area contributed by atoms with E-state index in [1.807, 2.05) is 35.6 Å². The molecule has 0 unspecified atom stereocenters. The number of amides is 2. The highest BCUT2D eigenvalue weighted by molar-refractivity contribution is 7.07. The number of aromatic amines is 1. The van der Waals surface area contributed by atoms with Gasteiger partial charge in [0.25, 0.3) is 11.5 Å². The molecule has 1 aliphatic rings. The first-order chi connectivity index (χ1) is 14.5. The Morgan fingerprint density at radius 3 is 2.73 bits per heavy atom. The Morgan fingerprint density at radius 1 is 1.27 bits per heavy atom. The van der Waals surface area contributed by atoms with E-state index in [0.29, 0.717) is 19.6 Å². The molecule has 1 saturated heterocycles. The Kier molecular flexibility index (Phi) is 7.81. The lowest BCUT2D eigenvalue weighted by atomic mass is 9.96. The maximum absolute atomic E-state index is 12.7. The van der Waals surface area contributed by atoms with E-state index >= 15 is 0 Å². The van der Waals surface area contributed by atoms with E-state index in [9.17, 15) is 14.4 Å². The molecule has 2 aromatic rings. The normalized spacial score (nSPS) is 16.9. The third-order valence-corrected chi connectivity index (χ3v) is 6.30. The van der Waals surface area contributed by atoms with E-state index in [-0.39, 0.29) is 28.9 Å². The third kappa shape index (κ3) is 5.58. The number of nitrogens with zero attached hydrogens (tertiary/aromatic N) is 2. The predicted octanol–water partition coefficient (Wildman–Crippen LogP) is 2.45. The van der Waals surface area contributed by atoms with Crippen LogP contribution >= 0.6 is 11.3 Å². The number of H-pyrrole nitrogens is 1. The van der Waals surface area contributed by atoms with Crippen molar-refractivity contribution in [1.29, 1.82) is 0 Å². The first-order valence-corrected chi connectivity index (χ1v) is 11.5. The Labute approximate surface area is 181 Å². The van der Waals surface area contributed by atoms with Crippen molar-refractivity contribution in [3.05, 3.63) is 56.1 Å². The molecule has 1 atom stereocenters. The fourth-order valence-corrected chi connectivity index (χ4v) is 4.56. The van der Waals surface area contributed by atoms with Crippen LogP contribution in [0.3, 0.4) is 0 Å². The van der Waals surface area contributed by atoms with Gasteiger partial charge in [-0.2, -0.15) is 11.3 Å². The van der Waals surface area contributed by atoms with Crippen LogP contribution in [0.25, 0.3) is 0 Å². The second kappa shape index (κ2) is 10.5. The van der Waals surface area contributed by atoms with Crippen LogP contribution < -0.4 is 10.9 Å². The van der Waals surface area contributed by atoms with Crippen LogP contribution in [0.5, 0.6) is 0 Å². The Bertz CT molecular complexity index is 905. The highest BCUT2D eigenvalue weighted by atomic mass is 32.1. The maximum atomic E-state index is 12.7. The monoisotopic (exact) mass is 430 g/mol. The third-order valence-electron chi connectivity index (χ3n) is 5.57. The summed E-state index contributed by atoms with van der Waals surface area (Å²) in [5, 5.41) is 6.69. The fraction of sp³-hybridized carbons (Fsp3) is 0.500. The van der Waals surface area contributed by atoms with Crippen LogP contribution in [-0.2, 0) is 17.9 Å². The predicted molar refractivity (Wildman–Crippen MR) is 118 cm³/mol. The standard InChI is InChI=1S/C22H30N4O3S/c1-3-26(4-2)22(29)17-6-5-10-25(13-17)14-18-7-8-19(21(28)24-18)20(27)23-12-16-9-11-30-15-16/h7-9,11,15,17H,3-6,10,12-14H2,1-2H3,(H,23,27)(H,24,28)/t17-/m1/s1. The van der Waals surface area contributed by atoms with Crippen molar-refractivity contribution in [1.82, 2.24) is 20.1 Å². The van der Waals surface area contributed by atoms with E-state index in [1.54, 1.807) is 23.5 Å². The molecule has 7 nitrogen and oxygen atoms in total. The Hall–Kier alpha value is -2.45. The lowest BCUT2D eigenvalue weighted by Crippen LogP contribution is -2.44. The van der Waals surface area contributed by atoms with Crippen molar-refractivity contribution in [2.45, 2.75) is 39.8 Å². The summed E-state index contributed by atoms with van der Waals surface area (Å²) in [6, 6.07) is 5.31. The van der Waals surface area contributed by atoms with Crippen molar-refractivity contribution >= 4 is 23.2 Å². The van der Waals surface area contributed by atoms with Gasteiger partial charge in [-0.15, -0.1) is 0 Å². The molecule has 162 valence electrons. The SMILES string of the molecule is CCN(CC)C(=O)[C@@H]1CCCN(Cc2ccc(C(=O)NCc3ccsc3)c(=O)[nH]2)C1. The molecule has 0 aliphatic carbocycles. The molecular weight excluding hydrogens is 400 g/mol. The van der Waals surface area contributed by atoms with Crippen molar-refractivity contribution in [2.75, 3.05) is 26.2 Å². The number of hydrogen-bond acceptors (Lipinski definition) is 5. The largest absolute Gasteiger partial charge is 0.348 e. The van der Waals surface area contributed by atoms with Crippen molar-refractivity contribution in [3.63, 3.8) is 0 Å². The molecule has 0 saturated carbocycles. The van der Waals surface area contributed by atoms with E-state index in [4.69, 9.17) is 0 Å². The number of nitrogens with one attached hydrogen (secondary N) is 2. The molecule has 1 fully saturated rings. The fourth-order valence-electron chi connectivity index (χ4n) is 3.89. The molecule has 2 amide bonds. The quantitative estimate of drug-likeness (QED) is 0.674. The van der Waals surface area contributed by atoms with E-state index in [0.717, 1.165) is 43.7 Å². The zero-order valence-corrected chi connectivity index (χ0v) is 18.5. The number of carbonyl (C=O) groups excluding carboxylic acids is 2. The summed E-state index contributed by atoms with van der Waals surface area (Å²) >= 11 is 1.57. The zero-order chi connectivity index (χ0) is 21.5. The van der Waals surface area contributed by atoms with Gasteiger partial charge in [-0.25, -0.2) is 0 Å². The van der Waals surface area contributed by atoms with Gasteiger partial charge in [0.1, 0.15) is 5.56 Å². The second-order valence-electron chi connectivity index (χ2n) is 7.63. The number of rotatable bonds is 8. The summed E-state index contributed by atoms with van der Waals surface area (Å²) in [5.41, 5.74) is 1.50. The molecule has 0 spiro atoms. The number of thiophene rings is 1. The molecular formula is C22H30N4O3S. The number of pyridine rings is 1. The topological polar surface area (TPSA) is 85.5 Å². The van der Waals surface area contributed by atoms with Gasteiger partial charge in [-0.05, 0) is 67.8 Å². The zero-order valence-electron chi connectivity index (χ0n) is 17.6. The van der Waals surface area contributed by atoms with Gasteiger partial charge < -0.3 is 15.2 Å². The minimum Gasteiger partial charge on any atom is -0.348 e. The number of likely N-dealkylation sites (tertiary alicyclic amines) is 1. The molecule has 0 bridgehead atoms. The summed E-state index contributed by atoms with van der Waals surface area (Å²) in [6.45, 7) is 8.03. The van der Waals surface area contributed by atoms with Crippen LogP contribution in [0.1, 0.15) is 48.3 Å². The van der Waals surface area contributed by atoms with Crippen LogP contribution in [0.4, 0.5) is 0 Å². The number of carbonyl (C=O) groups is 2. The van der Waals surface area contributed by atoms with Gasteiger partial charge in [0.15, 0.2) is 0 Å². The molecule has 2 aromatic heterocycles. The van der Waals surface area contributed by atoms with Gasteiger partial charge in [0, 0.05) is 38.4 Å². The molecule has 8 heteroatoms. The minimum atomic E-state index is -0.386. The van der Waals surface area contributed by atoms with Crippen molar-refractivity contribution in [3.8, 4) is 0 Å². The van der Waals surface area contributed by atoms with Gasteiger partial charge >= 0.3 is 0 Å². The first-order valence-electron chi connectivity index (χ1n) is 10.5. The molecule has 0 radical (unpaired) electrons. The lowest BCUT2D eigenvalue weighted by molar-refractivity contribution is -0.137. The summed E-state index contributed by atoms with van der Waals surface area (Å²) < 4.78 is 0. The molecule has 30 heavy (non-hydrogen) atoms. The number of hydrogen-bond donors (Lipinski definition) is 2. The second-order valence-corrected chi connectivity index (χ2v) is 8.41. The van der Waals surface area contributed by atoms with E-state index in [2.05, 4.69) is 15.2 Å². The average molecular weight is 431 g/mol. The Balaban J connectivity index is 1.59. The molecule has 3 rings (SSSR count). The number of piperidine rings is 1. The number of aromatic nitrogens is 1. The van der Waals surface area contributed by atoms with Crippen LogP contribution in [-0.4, -0.2) is 52.8 Å². The van der Waals surface area contributed by atoms with E-state index < -0.39 is 0 Å². The summed E-state index contributed by atoms with van der Waals surface area (Å²) in [6.07, 6.45) is 1.87. The first kappa shape index (κ1) is 22.2. The summed E-state index contributed by atoms with van der Waals surface area (Å²) in [5.74, 6) is -0.153. The van der Waals surface area contributed by atoms with E-state index in [1.165, 1.54) is 0 Å². The summed E-state index contributed by atoms with van der Waals surface area (Å²) in [4.78, 5) is 44.4. The maximum Gasteiger partial charge on any atom is 0.261 e. The van der Waals surface area contributed by atoms with Gasteiger partial charge in [-0.1, -0.05) is 0 Å². The van der Waals surface area contributed by atoms with Gasteiger partial charge in [0.05, 0.1) is 5.92 Å². The highest BCUT2D eigenvalue weighted by Gasteiger charge is 2.28. The highest BCUT2D eigenvalue weighted by Crippen LogP contribution is 2.20. The molecule has 3 heterocycles. The van der Waals surface area contributed by atoms with Crippen LogP contribution in [0.15, 0.2) is 33.8 Å². The van der Waals surface area contributed by atoms with Gasteiger partial charge in [-0.3, -0.25) is 19.3 Å². The van der Waals surface area contributed by atoms with Crippen LogP contribution in [0.2, 0.25) is 0 Å². The molecule has 2 N–H and O–H groups in total. The molecule has 1 aliphatic heterocycles. The Morgan fingerprint density at radius 2 is 2.07 bits per heavy atom.